The van der Waals surface area contributed by atoms with Crippen molar-refractivity contribution in [2.75, 3.05) is 17.6 Å². The minimum absolute atomic E-state index is 0.0276. The van der Waals surface area contributed by atoms with E-state index in [1.165, 1.54) is 28.1 Å². The third-order valence-electron chi connectivity index (χ3n) is 7.92. The second-order valence-electron chi connectivity index (χ2n) is 12.8. The van der Waals surface area contributed by atoms with Gasteiger partial charge in [-0.1, -0.05) is 85.4 Å². The predicted octanol–water partition coefficient (Wildman–Crippen LogP) is 4.91. The molecule has 0 saturated carbocycles. The molecule has 2 unspecified atom stereocenters. The average Bonchev–Trinajstić information content (AvgIpc) is 3.61. The number of carbonyl (C=O) groups excluding carboxylic acids is 5. The molecule has 0 bridgehead atoms. The van der Waals surface area contributed by atoms with Gasteiger partial charge in [-0.3, -0.25) is 19.3 Å². The number of thiazole rings is 1. The fourth-order valence-electron chi connectivity index (χ4n) is 5.34. The number of aromatic nitrogens is 1. The molecule has 2 aromatic carbocycles. The highest BCUT2D eigenvalue weighted by molar-refractivity contribution is 8.00. The summed E-state index contributed by atoms with van der Waals surface area (Å²) in [4.78, 5) is 76.0. The van der Waals surface area contributed by atoms with E-state index in [9.17, 15) is 24.0 Å². The summed E-state index contributed by atoms with van der Waals surface area (Å²) < 4.78 is 11.4. The quantitative estimate of drug-likeness (QED) is 0.0635. The molecule has 3 atom stereocenters. The Morgan fingerprint density at radius 1 is 1.09 bits per heavy atom. The zero-order chi connectivity index (χ0) is 38.1. The number of amides is 4. The first-order chi connectivity index (χ1) is 25.4. The van der Waals surface area contributed by atoms with Crippen molar-refractivity contribution in [3.8, 4) is 0 Å². The summed E-state index contributed by atoms with van der Waals surface area (Å²) in [7, 11) is 0. The third kappa shape index (κ3) is 9.50. The summed E-state index contributed by atoms with van der Waals surface area (Å²) in [6, 6.07) is 17.5. The number of hydrogen-bond donors (Lipinski definition) is 3. The first-order valence-corrected chi connectivity index (χ1v) is 18.7. The van der Waals surface area contributed by atoms with Gasteiger partial charge in [0.25, 0.3) is 11.8 Å². The number of fused-ring (bicyclic) bond motifs is 1. The van der Waals surface area contributed by atoms with Gasteiger partial charge in [-0.15, -0.1) is 23.1 Å². The van der Waals surface area contributed by atoms with Crippen molar-refractivity contribution in [3.05, 3.63) is 107 Å². The summed E-state index contributed by atoms with van der Waals surface area (Å²) in [5.41, 5.74) is 1.20. The molecule has 1 saturated heterocycles. The lowest BCUT2D eigenvalue weighted by atomic mass is 10.0. The average molecular weight is 761 g/mol. The van der Waals surface area contributed by atoms with E-state index in [1.54, 1.807) is 20.8 Å². The van der Waals surface area contributed by atoms with Gasteiger partial charge in [0, 0.05) is 11.1 Å². The number of nitrogens with one attached hydrogen (secondary N) is 3. The number of nitrogens with zero attached hydrogens (tertiary/aromatic N) is 3. The lowest BCUT2D eigenvalue weighted by Gasteiger charge is -2.49. The number of esters is 1. The fourth-order valence-corrected chi connectivity index (χ4v) is 7.34. The lowest BCUT2D eigenvalue weighted by Crippen LogP contribution is -2.71. The zero-order valence-electron chi connectivity index (χ0n) is 29.6. The standard InChI is InChI=1S/C37H40N6O8S2/c1-6-22-19-52-33-28(32(46)43(33)29(22)34(47)49-30(23-14-10-8-11-15-23)24-16-12-9-13-17-24)41-31(45)27(26-20-53-35(40-26)39-21-44)42-51-25(7-2)18-38-36(48)50-37(3,4)5/h6,8-17,20-21,25,28,30,33H,1,7,18-19H2,2-5H3,(H,38,48)(H,41,45)(H,39,40,44)/b42-27+/t25?,28?,33-/m1/s1. The van der Waals surface area contributed by atoms with E-state index in [-0.39, 0.29) is 28.8 Å². The van der Waals surface area contributed by atoms with Gasteiger partial charge in [0.2, 0.25) is 6.41 Å². The van der Waals surface area contributed by atoms with Crippen molar-refractivity contribution in [1.82, 2.24) is 20.5 Å². The highest BCUT2D eigenvalue weighted by Crippen LogP contribution is 2.42. The largest absolute Gasteiger partial charge is 0.448 e. The highest BCUT2D eigenvalue weighted by atomic mass is 32.2. The molecular formula is C37H40N6O8S2. The monoisotopic (exact) mass is 760 g/mol. The molecule has 0 aliphatic carbocycles. The first-order valence-electron chi connectivity index (χ1n) is 16.7. The molecular weight excluding hydrogens is 721 g/mol. The van der Waals surface area contributed by atoms with Crippen LogP contribution in [-0.4, -0.2) is 81.3 Å². The Morgan fingerprint density at radius 3 is 2.34 bits per heavy atom. The predicted molar refractivity (Wildman–Crippen MR) is 201 cm³/mol. The van der Waals surface area contributed by atoms with Crippen molar-refractivity contribution < 1.29 is 38.3 Å². The molecule has 2 aliphatic rings. The van der Waals surface area contributed by atoms with Crippen LogP contribution >= 0.6 is 23.1 Å². The molecule has 1 aromatic heterocycles. The molecule has 3 aromatic rings. The molecule has 3 N–H and O–H groups in total. The van der Waals surface area contributed by atoms with E-state index in [0.717, 1.165) is 22.5 Å². The number of carbonyl (C=O) groups is 5. The van der Waals surface area contributed by atoms with Crippen molar-refractivity contribution in [3.63, 3.8) is 0 Å². The number of hydrogen-bond acceptors (Lipinski definition) is 12. The van der Waals surface area contributed by atoms with Gasteiger partial charge in [0.15, 0.2) is 16.9 Å². The Bertz CT molecular complexity index is 1850. The third-order valence-corrected chi connectivity index (χ3v) is 9.99. The number of anilines is 1. The molecule has 4 amide bonds. The number of ether oxygens (including phenoxy) is 2. The summed E-state index contributed by atoms with van der Waals surface area (Å²) in [6.07, 6.45) is 0.336. The zero-order valence-corrected chi connectivity index (χ0v) is 31.2. The molecule has 0 radical (unpaired) electrons. The minimum atomic E-state index is -1.03. The topological polar surface area (TPSA) is 178 Å². The molecule has 5 rings (SSSR count). The van der Waals surface area contributed by atoms with Crippen LogP contribution in [0.5, 0.6) is 0 Å². The van der Waals surface area contributed by atoms with Gasteiger partial charge in [0.1, 0.15) is 34.5 Å². The number of alkyl carbamates (subject to hydrolysis) is 1. The van der Waals surface area contributed by atoms with Gasteiger partial charge in [-0.2, -0.15) is 0 Å². The van der Waals surface area contributed by atoms with E-state index in [1.807, 2.05) is 67.6 Å². The molecule has 2 aliphatic heterocycles. The normalized spacial score (nSPS) is 17.6. The Labute approximate surface area is 315 Å². The molecule has 1 fully saturated rings. The molecule has 14 nitrogen and oxygen atoms in total. The number of allylic oxidation sites excluding steroid dienone is 1. The van der Waals surface area contributed by atoms with Gasteiger partial charge in [-0.25, -0.2) is 14.6 Å². The Morgan fingerprint density at radius 2 is 1.75 bits per heavy atom. The lowest BCUT2D eigenvalue weighted by molar-refractivity contribution is -0.154. The minimum Gasteiger partial charge on any atom is -0.448 e. The fraction of sp³-hybridized carbons (Fsp3) is 0.324. The van der Waals surface area contributed by atoms with Crippen LogP contribution in [0.15, 0.2) is 95.1 Å². The summed E-state index contributed by atoms with van der Waals surface area (Å²) in [5.74, 6) is -1.69. The van der Waals surface area contributed by atoms with E-state index < -0.39 is 53.1 Å². The van der Waals surface area contributed by atoms with E-state index in [4.69, 9.17) is 14.3 Å². The summed E-state index contributed by atoms with van der Waals surface area (Å²) >= 11 is 2.41. The molecule has 0 spiro atoms. The Kier molecular flexibility index (Phi) is 12.7. The van der Waals surface area contributed by atoms with Crippen LogP contribution in [0.2, 0.25) is 0 Å². The van der Waals surface area contributed by atoms with Crippen LogP contribution in [0, 0.1) is 0 Å². The maximum atomic E-state index is 14.0. The Balaban J connectivity index is 1.34. The number of thioether (sulfide) groups is 1. The van der Waals surface area contributed by atoms with Crippen molar-refractivity contribution in [2.45, 2.75) is 63.3 Å². The van der Waals surface area contributed by atoms with Crippen molar-refractivity contribution in [1.29, 1.82) is 0 Å². The highest BCUT2D eigenvalue weighted by Gasteiger charge is 2.54. The molecule has 53 heavy (non-hydrogen) atoms. The number of benzene rings is 2. The SMILES string of the molecule is C=CC1=C(C(=O)OC(c2ccccc2)c2ccccc2)N2C(=O)C(NC(=O)/C(=N/OC(CC)CNC(=O)OC(C)(C)C)c3csc(NC=O)n3)[C@H]2SC1. The second kappa shape index (κ2) is 17.4. The van der Waals surface area contributed by atoms with Gasteiger partial charge in [-0.05, 0) is 43.9 Å². The number of rotatable bonds is 15. The maximum absolute atomic E-state index is 14.0. The number of oxime groups is 1. The van der Waals surface area contributed by atoms with Gasteiger partial charge >= 0.3 is 12.1 Å². The first kappa shape index (κ1) is 38.7. The maximum Gasteiger partial charge on any atom is 0.407 e. The van der Waals surface area contributed by atoms with E-state index >= 15 is 0 Å². The Hall–Kier alpha value is -5.48. The van der Waals surface area contributed by atoms with Crippen LogP contribution in [0.3, 0.4) is 0 Å². The smallest absolute Gasteiger partial charge is 0.407 e. The molecule has 278 valence electrons. The van der Waals surface area contributed by atoms with Crippen molar-refractivity contribution in [2.24, 2.45) is 5.16 Å². The van der Waals surface area contributed by atoms with Crippen LogP contribution in [0.1, 0.15) is 57.0 Å². The molecule has 3 heterocycles. The van der Waals surface area contributed by atoms with Crippen LogP contribution in [0.25, 0.3) is 0 Å². The summed E-state index contributed by atoms with van der Waals surface area (Å²) in [6.45, 7) is 10.9. The van der Waals surface area contributed by atoms with Crippen molar-refractivity contribution >= 4 is 64.2 Å². The number of β-lactam (4-membered cyclic amide) rings is 1. The van der Waals surface area contributed by atoms with Crippen LogP contribution < -0.4 is 16.0 Å². The van der Waals surface area contributed by atoms with Gasteiger partial charge in [0.05, 0.1) is 6.54 Å². The van der Waals surface area contributed by atoms with Crippen LogP contribution in [0.4, 0.5) is 9.93 Å². The second-order valence-corrected chi connectivity index (χ2v) is 14.8. The van der Waals surface area contributed by atoms with Crippen LogP contribution in [-0.2, 0) is 33.5 Å². The molecule has 16 heteroatoms. The van der Waals surface area contributed by atoms with E-state index in [2.05, 4.69) is 32.7 Å². The van der Waals surface area contributed by atoms with Gasteiger partial charge < -0.3 is 30.3 Å². The summed E-state index contributed by atoms with van der Waals surface area (Å²) in [5, 5.41) is 13.0. The van der Waals surface area contributed by atoms with E-state index in [0.29, 0.717) is 24.2 Å².